The Kier molecular flexibility index (Phi) is 7.93. The van der Waals surface area contributed by atoms with Crippen molar-refractivity contribution in [2.24, 2.45) is 11.8 Å². The van der Waals surface area contributed by atoms with Gasteiger partial charge in [-0.2, -0.15) is 0 Å². The fraction of sp³-hybridized carbons (Fsp3) is 0.708. The number of benzene rings is 1. The summed E-state index contributed by atoms with van der Waals surface area (Å²) in [5.74, 6) is 0.687. The molecule has 29 heavy (non-hydrogen) atoms. The number of aliphatic hydroxyl groups is 1. The van der Waals surface area contributed by atoms with Crippen molar-refractivity contribution in [3.63, 3.8) is 0 Å². The van der Waals surface area contributed by atoms with E-state index in [0.717, 1.165) is 68.8 Å². The summed E-state index contributed by atoms with van der Waals surface area (Å²) in [6.07, 6.45) is 9.23. The molecule has 4 nitrogen and oxygen atoms in total. The minimum atomic E-state index is -0.279. The molecule has 0 radical (unpaired) electrons. The highest BCUT2D eigenvalue weighted by atomic mass is 19.1. The molecule has 0 aromatic heterocycles. The minimum absolute atomic E-state index is 0.0810. The van der Waals surface area contributed by atoms with Crippen molar-refractivity contribution in [2.75, 3.05) is 18.0 Å². The van der Waals surface area contributed by atoms with Gasteiger partial charge in [-0.1, -0.05) is 26.2 Å². The molecular formula is C24H37FN2O2. The molecule has 1 saturated carbocycles. The fourth-order valence-corrected chi connectivity index (χ4v) is 4.88. The molecule has 0 bridgehead atoms. The Balaban J connectivity index is 1.61. The number of rotatable bonds is 7. The van der Waals surface area contributed by atoms with Crippen LogP contribution in [0.3, 0.4) is 0 Å². The van der Waals surface area contributed by atoms with E-state index in [1.54, 1.807) is 6.07 Å². The summed E-state index contributed by atoms with van der Waals surface area (Å²) in [6.45, 7) is 5.68. The lowest BCUT2D eigenvalue weighted by Gasteiger charge is -2.34. The Morgan fingerprint density at radius 3 is 2.55 bits per heavy atom. The van der Waals surface area contributed by atoms with E-state index in [9.17, 15) is 14.3 Å². The Bertz CT molecular complexity index is 665. The number of halogens is 1. The predicted octanol–water partition coefficient (Wildman–Crippen LogP) is 4.96. The van der Waals surface area contributed by atoms with Gasteiger partial charge in [0.25, 0.3) is 0 Å². The van der Waals surface area contributed by atoms with Crippen LogP contribution in [-0.4, -0.2) is 30.2 Å². The number of unbranched alkanes of at least 4 members (excludes halogenated alkanes) is 1. The van der Waals surface area contributed by atoms with Gasteiger partial charge < -0.3 is 15.3 Å². The highest BCUT2D eigenvalue weighted by molar-refractivity contribution is 5.79. The van der Waals surface area contributed by atoms with Crippen molar-refractivity contribution in [1.29, 1.82) is 0 Å². The third kappa shape index (κ3) is 5.94. The van der Waals surface area contributed by atoms with Gasteiger partial charge in [-0.15, -0.1) is 0 Å². The Hall–Kier alpha value is -1.62. The number of hydrogen-bond donors (Lipinski definition) is 2. The van der Waals surface area contributed by atoms with Gasteiger partial charge in [0.15, 0.2) is 0 Å². The lowest BCUT2D eigenvalue weighted by Crippen LogP contribution is -2.38. The molecule has 2 fully saturated rings. The first-order chi connectivity index (χ1) is 14.0. The van der Waals surface area contributed by atoms with Gasteiger partial charge >= 0.3 is 0 Å². The molecule has 1 aliphatic heterocycles. The lowest BCUT2D eigenvalue weighted by molar-refractivity contribution is -0.126. The number of amides is 1. The zero-order valence-electron chi connectivity index (χ0n) is 18.0. The number of nitrogens with zero attached hydrogens (tertiary/aromatic N) is 1. The summed E-state index contributed by atoms with van der Waals surface area (Å²) in [4.78, 5) is 15.1. The van der Waals surface area contributed by atoms with E-state index < -0.39 is 0 Å². The summed E-state index contributed by atoms with van der Waals surface area (Å²) in [7, 11) is 0. The van der Waals surface area contributed by atoms with Gasteiger partial charge in [0.05, 0.1) is 12.1 Å². The van der Waals surface area contributed by atoms with Gasteiger partial charge in [-0.25, -0.2) is 4.39 Å². The van der Waals surface area contributed by atoms with Crippen LogP contribution >= 0.6 is 0 Å². The average molecular weight is 405 g/mol. The SMILES string of the molecule is CCCCC1CCC(C(=O)N[C@H](C)c2cc(F)ccc2N2CCC(O)CC2)CC1. The van der Waals surface area contributed by atoms with Gasteiger partial charge in [0.2, 0.25) is 5.91 Å². The Morgan fingerprint density at radius 1 is 1.21 bits per heavy atom. The third-order valence-electron chi connectivity index (χ3n) is 6.80. The van der Waals surface area contributed by atoms with Crippen molar-refractivity contribution in [2.45, 2.75) is 83.8 Å². The van der Waals surface area contributed by atoms with Crippen LogP contribution in [0.2, 0.25) is 0 Å². The zero-order valence-corrected chi connectivity index (χ0v) is 18.0. The number of piperidine rings is 1. The monoisotopic (exact) mass is 404 g/mol. The molecule has 1 heterocycles. The van der Waals surface area contributed by atoms with E-state index in [1.807, 2.05) is 13.0 Å². The maximum absolute atomic E-state index is 14.0. The number of aliphatic hydroxyl groups excluding tert-OH is 1. The van der Waals surface area contributed by atoms with Crippen LogP contribution in [0.5, 0.6) is 0 Å². The molecule has 2 N–H and O–H groups in total. The largest absolute Gasteiger partial charge is 0.393 e. The van der Waals surface area contributed by atoms with Crippen LogP contribution in [-0.2, 0) is 4.79 Å². The topological polar surface area (TPSA) is 52.6 Å². The minimum Gasteiger partial charge on any atom is -0.393 e. The first-order valence-corrected chi connectivity index (χ1v) is 11.5. The highest BCUT2D eigenvalue weighted by Gasteiger charge is 2.28. The zero-order chi connectivity index (χ0) is 20.8. The smallest absolute Gasteiger partial charge is 0.223 e. The molecule has 1 amide bonds. The molecule has 0 spiro atoms. The van der Waals surface area contributed by atoms with E-state index in [2.05, 4.69) is 17.1 Å². The van der Waals surface area contributed by atoms with Crippen LogP contribution in [0.4, 0.5) is 10.1 Å². The number of carbonyl (C=O) groups excluding carboxylic acids is 1. The molecule has 1 atom stereocenters. The number of nitrogens with one attached hydrogen (secondary N) is 1. The van der Waals surface area contributed by atoms with Crippen LogP contribution in [0.25, 0.3) is 0 Å². The van der Waals surface area contributed by atoms with Crippen molar-refractivity contribution >= 4 is 11.6 Å². The standard InChI is InChI=1S/C24H37FN2O2/c1-3-4-5-18-6-8-19(9-7-18)24(29)26-17(2)22-16-20(25)10-11-23(22)27-14-12-21(28)13-15-27/h10-11,16-19,21,28H,3-9,12-15H2,1-2H3,(H,26,29)/t17-,18?,19?/m1/s1. The van der Waals surface area contributed by atoms with Crippen molar-refractivity contribution in [3.05, 3.63) is 29.6 Å². The number of anilines is 1. The molecule has 3 rings (SSSR count). The summed E-state index contributed by atoms with van der Waals surface area (Å²) in [5.41, 5.74) is 1.79. The molecular weight excluding hydrogens is 367 g/mol. The highest BCUT2D eigenvalue weighted by Crippen LogP contribution is 2.34. The van der Waals surface area contributed by atoms with E-state index in [-0.39, 0.29) is 29.8 Å². The van der Waals surface area contributed by atoms with Gasteiger partial charge in [0, 0.05) is 30.3 Å². The van der Waals surface area contributed by atoms with Crippen LogP contribution in [0.1, 0.15) is 83.2 Å². The van der Waals surface area contributed by atoms with Gasteiger partial charge in [-0.3, -0.25) is 4.79 Å². The second-order valence-corrected chi connectivity index (χ2v) is 9.01. The average Bonchev–Trinajstić information content (AvgIpc) is 2.73. The van der Waals surface area contributed by atoms with Crippen molar-refractivity contribution in [1.82, 2.24) is 5.32 Å². The fourth-order valence-electron chi connectivity index (χ4n) is 4.88. The third-order valence-corrected chi connectivity index (χ3v) is 6.80. The first kappa shape index (κ1) is 22.1. The lowest BCUT2D eigenvalue weighted by atomic mass is 9.79. The maximum Gasteiger partial charge on any atom is 0.223 e. The summed E-state index contributed by atoms with van der Waals surface area (Å²) in [6, 6.07) is 4.60. The van der Waals surface area contributed by atoms with Crippen molar-refractivity contribution < 1.29 is 14.3 Å². The van der Waals surface area contributed by atoms with Crippen molar-refractivity contribution in [3.8, 4) is 0 Å². The molecule has 1 aromatic rings. The van der Waals surface area contributed by atoms with E-state index in [1.165, 1.54) is 25.3 Å². The second kappa shape index (κ2) is 10.4. The van der Waals surface area contributed by atoms with Crippen LogP contribution in [0.15, 0.2) is 18.2 Å². The maximum atomic E-state index is 14.0. The Labute approximate surface area is 174 Å². The molecule has 5 heteroatoms. The van der Waals surface area contributed by atoms with Gasteiger partial charge in [0.1, 0.15) is 5.82 Å². The summed E-state index contributed by atoms with van der Waals surface area (Å²) < 4.78 is 14.0. The molecule has 1 saturated heterocycles. The molecule has 0 unspecified atom stereocenters. The quantitative estimate of drug-likeness (QED) is 0.675. The predicted molar refractivity (Wildman–Crippen MR) is 115 cm³/mol. The summed E-state index contributed by atoms with van der Waals surface area (Å²) >= 11 is 0. The molecule has 162 valence electrons. The van der Waals surface area contributed by atoms with E-state index in [0.29, 0.717) is 0 Å². The van der Waals surface area contributed by atoms with E-state index in [4.69, 9.17) is 0 Å². The molecule has 1 aromatic carbocycles. The second-order valence-electron chi connectivity index (χ2n) is 9.01. The first-order valence-electron chi connectivity index (χ1n) is 11.5. The molecule has 1 aliphatic carbocycles. The van der Waals surface area contributed by atoms with Crippen LogP contribution in [0, 0.1) is 17.7 Å². The Morgan fingerprint density at radius 2 is 1.90 bits per heavy atom. The number of carbonyl (C=O) groups is 1. The number of hydrogen-bond acceptors (Lipinski definition) is 3. The summed E-state index contributed by atoms with van der Waals surface area (Å²) in [5, 5.41) is 12.9. The molecule has 2 aliphatic rings. The van der Waals surface area contributed by atoms with Gasteiger partial charge in [-0.05, 0) is 69.6 Å². The normalized spacial score (nSPS) is 24.3. The van der Waals surface area contributed by atoms with E-state index >= 15 is 0 Å². The van der Waals surface area contributed by atoms with Crippen LogP contribution < -0.4 is 10.2 Å².